The van der Waals surface area contributed by atoms with Gasteiger partial charge in [-0.3, -0.25) is 23.4 Å². The number of aliphatic carboxylic acids is 1. The van der Waals surface area contributed by atoms with Crippen LogP contribution >= 0.6 is 75.1 Å². The van der Waals surface area contributed by atoms with Gasteiger partial charge in [-0.25, -0.2) is 40.6 Å². The van der Waals surface area contributed by atoms with Gasteiger partial charge in [0.15, 0.2) is 31.1 Å². The van der Waals surface area contributed by atoms with Crippen LogP contribution in [0.2, 0.25) is 0 Å². The molecule has 120 heavy (non-hydrogen) atoms. The van der Waals surface area contributed by atoms with Crippen molar-refractivity contribution >= 4 is 119 Å². The predicted octanol–water partition coefficient (Wildman–Crippen LogP) is 10.5. The number of carbonyl (C=O) groups is 4. The Morgan fingerprint density at radius 1 is 0.575 bits per heavy atom. The number of aliphatic hydroxyl groups excluding tert-OH is 2. The molecule has 14 atom stereocenters. The second kappa shape index (κ2) is 46.6. The topological polar surface area (TPSA) is 418 Å². The summed E-state index contributed by atoms with van der Waals surface area (Å²) >= 11 is 7.39. The van der Waals surface area contributed by atoms with Crippen molar-refractivity contribution in [2.75, 3.05) is 112 Å². The summed E-state index contributed by atoms with van der Waals surface area (Å²) in [7, 11) is -13.5. The van der Waals surface area contributed by atoms with Gasteiger partial charge in [0.25, 0.3) is 0 Å². The Balaban J connectivity index is 0.000000264. The van der Waals surface area contributed by atoms with Crippen LogP contribution in [0.15, 0.2) is 125 Å². The monoisotopic (exact) mass is 2130 g/mol. The zero-order valence-corrected chi connectivity index (χ0v) is 79.4. The van der Waals surface area contributed by atoms with Gasteiger partial charge in [0.05, 0.1) is 93.2 Å². The Kier molecular flexibility index (Phi) is 38.4. The molecule has 0 bridgehead atoms. The molecule has 0 saturated carbocycles. The molecule has 0 aliphatic carbocycles. The Labute approximate surface area is 738 Å². The van der Waals surface area contributed by atoms with Crippen molar-refractivity contribution in [3.63, 3.8) is 0 Å². The number of rotatable bonds is 39. The van der Waals surface area contributed by atoms with Crippen LogP contribution in [0, 0.1) is 23.7 Å². The fourth-order valence-electron chi connectivity index (χ4n) is 14.2. The van der Waals surface area contributed by atoms with Crippen LogP contribution in [0.1, 0.15) is 83.6 Å². The Bertz CT molecular complexity index is 4510. The van der Waals surface area contributed by atoms with Gasteiger partial charge in [-0.15, -0.1) is 0 Å². The molecule has 0 aromatic heterocycles. The number of carboxylic acid groups (broad SMARTS) is 1. The predicted molar refractivity (Wildman–Crippen MR) is 461 cm³/mol. The van der Waals surface area contributed by atoms with E-state index in [9.17, 15) is 60.3 Å². The zero-order chi connectivity index (χ0) is 87.2. The molecule has 5 aromatic rings. The van der Waals surface area contributed by atoms with E-state index in [4.69, 9.17) is 70.8 Å². The van der Waals surface area contributed by atoms with Crippen LogP contribution in [0.3, 0.4) is 0 Å². The van der Waals surface area contributed by atoms with E-state index < -0.39 is 133 Å². The van der Waals surface area contributed by atoms with Crippen LogP contribution < -0.4 is 34.1 Å². The fraction of sp³-hybridized carbons (Fsp3) is 0.564. The third-order valence-corrected chi connectivity index (χ3v) is 26.5. The van der Waals surface area contributed by atoms with E-state index in [0.717, 1.165) is 29.2 Å². The number of amides is 2. The first kappa shape index (κ1) is 99.0. The van der Waals surface area contributed by atoms with Crippen LogP contribution in [-0.4, -0.2) is 253 Å². The number of para-hydroxylation sites is 1. The average Bonchev–Trinajstić information content (AvgIpc) is 1.17. The van der Waals surface area contributed by atoms with Gasteiger partial charge in [-0.05, 0) is 165 Å². The number of aliphatic hydroxyl groups is 2. The summed E-state index contributed by atoms with van der Waals surface area (Å²) in [5.74, 6) is -0.432. The van der Waals surface area contributed by atoms with Crippen molar-refractivity contribution in [3.05, 3.63) is 138 Å². The number of nitrogens with zero attached hydrogens (tertiary/aromatic N) is 4. The molecule has 42 heteroatoms. The van der Waals surface area contributed by atoms with E-state index in [1.54, 1.807) is 85.8 Å². The maximum atomic E-state index is 14.0. The summed E-state index contributed by atoms with van der Waals surface area (Å²) in [6, 6.07) is 29.2. The molecule has 11 rings (SSSR count). The average molecular weight is 2140 g/mol. The molecular weight excluding hydrogens is 2030 g/mol. The normalized spacial score (nSPS) is 21.6. The van der Waals surface area contributed by atoms with E-state index in [1.807, 2.05) is 44.7 Å². The molecule has 6 aliphatic heterocycles. The minimum absolute atomic E-state index is 0.0368. The fourth-order valence-corrected chi connectivity index (χ4v) is 19.9. The molecule has 6 aliphatic rings. The van der Waals surface area contributed by atoms with Gasteiger partial charge in [0.2, 0.25) is 26.4 Å². The standard InChI is InChI=1S/C43H58N3O14PS.C35H50N3O14PS.3HI.V/c1-6-54-41(48)30(4)59-61(50,60-34-10-8-7-9-11-34)28-57-35-13-12-32-24-45(20-18-31(32)22-35)25-38(44-43(49)58-40-27-56-42-37(40)19-21-55-42)39(47)26-46(23-29(2)3)62(51,52)36-16-14-33(53-5)15-17-36;1-22(2)16-38(54(45,46)28-9-7-26(47-4)8-10-28)19-31(39)30(36-35(42)51-32-20-49-34-29(32)12-14-48-34)18-37-13-11-24-15-27(6-5-25(24)17-37)50-21-53(43,44)52-23(3)33(40)41;;;;/h7-17,22,29-30,37-40,42,47H,6,18-21,23-28H2,1-5H3,(H,44,49);5-10,15,22-23,29-32,34,39H,11-14,16-21H2,1-4H3,(H,36,42)(H,40,41)(H,43,44);3*1H;/q;;;;;+3/p-3/t30-,37-,38-,39+,40-,42+,61?;23-,29-,30-,31+,32-,34+;;;;/m00..../s1. The van der Waals surface area contributed by atoms with E-state index >= 15 is 0 Å². The first-order chi connectivity index (χ1) is 56.9. The number of carboxylic acids is 1. The van der Waals surface area contributed by atoms with E-state index in [2.05, 4.69) is 75.5 Å². The number of ether oxygens (including phenoxy) is 11. The Morgan fingerprint density at radius 2 is 1.00 bits per heavy atom. The molecule has 4 saturated heterocycles. The zero-order valence-electron chi connectivity index (χ0n) is 68.1. The molecule has 34 nitrogen and oxygen atoms in total. The number of sulfonamides is 2. The van der Waals surface area contributed by atoms with E-state index in [1.165, 1.54) is 54.0 Å². The molecule has 6 heterocycles. The minimum atomic E-state index is -4.35. The van der Waals surface area contributed by atoms with Gasteiger partial charge in [0, 0.05) is 65.4 Å². The number of alkyl carbamates (subject to hydrolysis) is 2. The quantitative estimate of drug-likeness (QED) is 0.00921. The summed E-state index contributed by atoms with van der Waals surface area (Å²) in [4.78, 5) is 64.1. The second-order valence-corrected chi connectivity index (χ2v) is 73.0. The number of methoxy groups -OCH3 is 2. The number of benzene rings is 5. The van der Waals surface area contributed by atoms with Gasteiger partial charge in [-0.2, -0.15) is 8.61 Å². The molecule has 0 radical (unpaired) electrons. The third kappa shape index (κ3) is 29.7. The van der Waals surface area contributed by atoms with Crippen molar-refractivity contribution < 1.29 is 136 Å². The molecule has 0 spiro atoms. The van der Waals surface area contributed by atoms with Gasteiger partial charge in [-0.1, -0.05) is 58.0 Å². The summed E-state index contributed by atoms with van der Waals surface area (Å²) in [6.45, 7) is 15.0. The van der Waals surface area contributed by atoms with Crippen LogP contribution in [-0.2, 0) is 112 Å². The number of fused-ring (bicyclic) bond motifs is 4. The summed E-state index contributed by atoms with van der Waals surface area (Å²) in [5.41, 5.74) is 3.73. The van der Waals surface area contributed by atoms with Crippen molar-refractivity contribution in [3.8, 4) is 28.7 Å². The Morgan fingerprint density at radius 3 is 1.41 bits per heavy atom. The maximum absolute atomic E-state index is 14.0. The first-order valence-corrected chi connectivity index (χ1v) is 59.0. The molecular formula is C78H108I3N6O28P2S2V. The van der Waals surface area contributed by atoms with Crippen molar-refractivity contribution in [1.29, 1.82) is 0 Å². The summed E-state index contributed by atoms with van der Waals surface area (Å²) < 4.78 is 161. The number of carbonyl (C=O) groups excluding carboxylic acids is 3. The number of esters is 1. The van der Waals surface area contributed by atoms with Gasteiger partial charge in [0.1, 0.15) is 41.0 Å². The van der Waals surface area contributed by atoms with Crippen molar-refractivity contribution in [1.82, 2.24) is 29.0 Å². The van der Waals surface area contributed by atoms with Crippen LogP contribution in [0.4, 0.5) is 9.59 Å². The first-order valence-electron chi connectivity index (χ1n) is 39.1. The SMILES string of the molecule is CCOC(=O)[C@H](C)OP(=O)(COc1ccc2c(c1)CCN(C[C@H](NC(=O)O[C@H]1CO[C@H]3OCC[C@H]31)[C@H](O)CN(CC(C)C)S(=O)(=O)c1ccc(OC)cc1)C2)Oc1ccccc1.COc1ccc(S(=O)(=O)N(CC(C)C)C[C@@H](O)[C@H](CN2CCc3cc(OCP(=O)(O)O[C@@H](C)C(=O)O)ccc3C2)NC(=O)O[C@H]2CO[C@H]3OCC[C@H]32)cc1.[I][V]([I])[I]. The number of nitrogens with one attached hydrogen (secondary N) is 2. The molecule has 5 aromatic carbocycles. The van der Waals surface area contributed by atoms with Crippen molar-refractivity contribution in [2.24, 2.45) is 23.7 Å². The summed E-state index contributed by atoms with van der Waals surface area (Å²) in [5, 5.41) is 38.3. The second-order valence-electron chi connectivity index (χ2n) is 30.2. The van der Waals surface area contributed by atoms with Crippen molar-refractivity contribution in [2.45, 2.75) is 158 Å². The van der Waals surface area contributed by atoms with E-state index in [-0.39, 0.29) is 103 Å². The van der Waals surface area contributed by atoms with Gasteiger partial charge < -0.3 is 87.5 Å². The van der Waals surface area contributed by atoms with E-state index in [0.29, 0.717) is 88.1 Å². The summed E-state index contributed by atoms with van der Waals surface area (Å²) in [6.07, 6.45) is -7.56. The van der Waals surface area contributed by atoms with Crippen LogP contribution in [0.25, 0.3) is 0 Å². The van der Waals surface area contributed by atoms with Crippen LogP contribution in [0.5, 0.6) is 28.7 Å². The third-order valence-electron chi connectivity index (χ3n) is 20.2. The molecule has 2 unspecified atom stereocenters. The number of hydrogen-bond donors (Lipinski definition) is 6. The molecule has 2 amide bonds. The Hall–Kier alpha value is -4.81. The molecule has 4 fully saturated rings. The molecule has 666 valence electrons. The number of hydrogen-bond acceptors (Lipinski definition) is 28. The van der Waals surface area contributed by atoms with Gasteiger partial charge >= 0.3 is 104 Å². The molecule has 6 N–H and O–H groups in total. The number of halogens is 3.